The van der Waals surface area contributed by atoms with Gasteiger partial charge in [-0.05, 0) is 43.2 Å². The number of hydrogen-bond donors (Lipinski definition) is 0. The number of benzene rings is 2. The van der Waals surface area contributed by atoms with Crippen molar-refractivity contribution in [1.82, 2.24) is 0 Å². The highest BCUT2D eigenvalue weighted by atomic mass is 79.9. The fourth-order valence-corrected chi connectivity index (χ4v) is 2.61. The van der Waals surface area contributed by atoms with Gasteiger partial charge in [0.2, 0.25) is 0 Å². The molecule has 0 saturated carbocycles. The fourth-order valence-electron chi connectivity index (χ4n) is 1.89. The van der Waals surface area contributed by atoms with Gasteiger partial charge in [0.1, 0.15) is 5.75 Å². The highest BCUT2D eigenvalue weighted by Gasteiger charge is 2.17. The molecule has 0 atom stereocenters. The van der Waals surface area contributed by atoms with Crippen molar-refractivity contribution in [3.8, 4) is 5.75 Å². The average Bonchev–Trinajstić information content (AvgIpc) is 2.43. The second-order valence-corrected chi connectivity index (χ2v) is 6.30. The monoisotopic (exact) mass is 396 g/mol. The molecule has 0 heterocycles. The van der Waals surface area contributed by atoms with Crippen molar-refractivity contribution in [3.05, 3.63) is 61.5 Å². The molecule has 2 aromatic carbocycles. The fraction of sp³-hybridized carbons (Fsp3) is 0.188. The molecule has 2 rings (SSSR count). The quantitative estimate of drug-likeness (QED) is 0.676. The Hall–Kier alpha value is -1.13. The molecule has 20 heavy (non-hydrogen) atoms. The molecule has 0 aliphatic heterocycles. The summed E-state index contributed by atoms with van der Waals surface area (Å²) in [6, 6.07) is 9.26. The van der Waals surface area contributed by atoms with Crippen LogP contribution < -0.4 is 4.74 Å². The summed E-state index contributed by atoms with van der Waals surface area (Å²) < 4.78 is 7.15. The number of ether oxygens (including phenoxy) is 1. The van der Waals surface area contributed by atoms with Crippen LogP contribution in [-0.2, 0) is 0 Å². The third-order valence-electron chi connectivity index (χ3n) is 3.16. The molecule has 0 radical (unpaired) electrons. The third kappa shape index (κ3) is 2.96. The van der Waals surface area contributed by atoms with Crippen molar-refractivity contribution in [2.75, 3.05) is 7.11 Å². The molecular formula is C16H14Br2O2. The van der Waals surface area contributed by atoms with E-state index in [1.165, 1.54) is 0 Å². The third-order valence-corrected chi connectivity index (χ3v) is 4.87. The molecule has 4 heteroatoms. The lowest BCUT2D eigenvalue weighted by Crippen LogP contribution is -2.05. The number of ketones is 1. The van der Waals surface area contributed by atoms with Gasteiger partial charge in [0, 0.05) is 14.5 Å². The van der Waals surface area contributed by atoms with E-state index in [0.717, 1.165) is 20.1 Å². The van der Waals surface area contributed by atoms with Crippen molar-refractivity contribution in [1.29, 1.82) is 0 Å². The average molecular weight is 398 g/mol. The lowest BCUT2D eigenvalue weighted by atomic mass is 10.0. The summed E-state index contributed by atoms with van der Waals surface area (Å²) in [4.78, 5) is 12.6. The maximum atomic E-state index is 12.6. The largest absolute Gasteiger partial charge is 0.496 e. The van der Waals surface area contributed by atoms with Gasteiger partial charge in [0.15, 0.2) is 5.78 Å². The molecule has 0 saturated heterocycles. The highest BCUT2D eigenvalue weighted by molar-refractivity contribution is 9.10. The summed E-state index contributed by atoms with van der Waals surface area (Å²) in [7, 11) is 1.57. The Labute approximate surface area is 135 Å². The van der Waals surface area contributed by atoms with E-state index in [1.54, 1.807) is 7.11 Å². The van der Waals surface area contributed by atoms with Crippen LogP contribution in [0.15, 0.2) is 39.3 Å². The summed E-state index contributed by atoms with van der Waals surface area (Å²) in [6.07, 6.45) is 0. The maximum absolute atomic E-state index is 12.6. The lowest BCUT2D eigenvalue weighted by Gasteiger charge is -2.11. The Bertz CT molecular complexity index is 678. The first-order valence-electron chi connectivity index (χ1n) is 6.09. The van der Waals surface area contributed by atoms with Crippen LogP contribution in [0.5, 0.6) is 5.75 Å². The van der Waals surface area contributed by atoms with E-state index in [4.69, 9.17) is 4.74 Å². The summed E-state index contributed by atoms with van der Waals surface area (Å²) in [5.41, 5.74) is 3.32. The van der Waals surface area contributed by atoms with Crippen LogP contribution in [0.25, 0.3) is 0 Å². The molecule has 0 aliphatic rings. The van der Waals surface area contributed by atoms with Gasteiger partial charge in [0.25, 0.3) is 0 Å². The topological polar surface area (TPSA) is 26.3 Å². The van der Waals surface area contributed by atoms with Crippen molar-refractivity contribution in [2.45, 2.75) is 13.8 Å². The first kappa shape index (κ1) is 15.3. The van der Waals surface area contributed by atoms with Crippen LogP contribution in [0, 0.1) is 13.8 Å². The van der Waals surface area contributed by atoms with Gasteiger partial charge in [-0.15, -0.1) is 0 Å². The molecule has 2 nitrogen and oxygen atoms in total. The standard InChI is InChI=1S/C16H14Br2O2/c1-9-4-5-11(7-13(9)17)16(19)12-8-14(18)10(2)6-15(12)20-3/h4-8H,1-3H3. The van der Waals surface area contributed by atoms with Crippen molar-refractivity contribution in [2.24, 2.45) is 0 Å². The summed E-state index contributed by atoms with van der Waals surface area (Å²) in [5, 5.41) is 0. The van der Waals surface area contributed by atoms with E-state index in [-0.39, 0.29) is 5.78 Å². The smallest absolute Gasteiger partial charge is 0.196 e. The number of carbonyl (C=O) groups excluding carboxylic acids is 1. The molecule has 0 amide bonds. The van der Waals surface area contributed by atoms with Gasteiger partial charge in [-0.2, -0.15) is 0 Å². The Morgan fingerprint density at radius 1 is 1.00 bits per heavy atom. The molecule has 0 bridgehead atoms. The molecule has 0 spiro atoms. The van der Waals surface area contributed by atoms with Gasteiger partial charge < -0.3 is 4.74 Å². The molecule has 2 aromatic rings. The van der Waals surface area contributed by atoms with Gasteiger partial charge >= 0.3 is 0 Å². The summed E-state index contributed by atoms with van der Waals surface area (Å²) in [6.45, 7) is 3.95. The first-order chi connectivity index (χ1) is 9.43. The Morgan fingerprint density at radius 3 is 2.25 bits per heavy atom. The summed E-state index contributed by atoms with van der Waals surface area (Å²) >= 11 is 6.92. The Kier molecular flexibility index (Phi) is 4.66. The molecule has 0 fully saturated rings. The Morgan fingerprint density at radius 2 is 1.65 bits per heavy atom. The Balaban J connectivity index is 2.52. The van der Waals surface area contributed by atoms with E-state index in [2.05, 4.69) is 31.9 Å². The van der Waals surface area contributed by atoms with E-state index in [1.807, 2.05) is 44.2 Å². The minimum atomic E-state index is -0.0525. The van der Waals surface area contributed by atoms with E-state index in [9.17, 15) is 4.79 Å². The molecule has 0 aliphatic carbocycles. The number of halogens is 2. The van der Waals surface area contributed by atoms with E-state index in [0.29, 0.717) is 16.9 Å². The van der Waals surface area contributed by atoms with Gasteiger partial charge in [0.05, 0.1) is 12.7 Å². The van der Waals surface area contributed by atoms with Crippen LogP contribution in [0.1, 0.15) is 27.0 Å². The van der Waals surface area contributed by atoms with Crippen LogP contribution in [0.2, 0.25) is 0 Å². The minimum absolute atomic E-state index is 0.0525. The number of rotatable bonds is 3. The first-order valence-corrected chi connectivity index (χ1v) is 7.67. The van der Waals surface area contributed by atoms with Crippen LogP contribution in [0.3, 0.4) is 0 Å². The number of methoxy groups -OCH3 is 1. The van der Waals surface area contributed by atoms with E-state index >= 15 is 0 Å². The zero-order valence-corrected chi connectivity index (χ0v) is 14.6. The molecule has 0 aromatic heterocycles. The molecule has 104 valence electrons. The van der Waals surface area contributed by atoms with Crippen molar-refractivity contribution < 1.29 is 9.53 Å². The normalized spacial score (nSPS) is 10.4. The molecule has 0 unspecified atom stereocenters. The molecular weight excluding hydrogens is 384 g/mol. The SMILES string of the molecule is COc1cc(C)c(Br)cc1C(=O)c1ccc(C)c(Br)c1. The highest BCUT2D eigenvalue weighted by Crippen LogP contribution is 2.29. The zero-order chi connectivity index (χ0) is 14.9. The van der Waals surface area contributed by atoms with Crippen LogP contribution >= 0.6 is 31.9 Å². The molecule has 0 N–H and O–H groups in total. The predicted molar refractivity (Wildman–Crippen MR) is 87.7 cm³/mol. The number of aryl methyl sites for hydroxylation is 2. The van der Waals surface area contributed by atoms with Crippen LogP contribution in [0.4, 0.5) is 0 Å². The number of carbonyl (C=O) groups is 1. The second kappa shape index (κ2) is 6.10. The maximum Gasteiger partial charge on any atom is 0.196 e. The second-order valence-electron chi connectivity index (χ2n) is 4.59. The van der Waals surface area contributed by atoms with Crippen LogP contribution in [-0.4, -0.2) is 12.9 Å². The minimum Gasteiger partial charge on any atom is -0.496 e. The van der Waals surface area contributed by atoms with Gasteiger partial charge in [-0.3, -0.25) is 4.79 Å². The van der Waals surface area contributed by atoms with Crippen molar-refractivity contribution >= 4 is 37.6 Å². The lowest BCUT2D eigenvalue weighted by molar-refractivity contribution is 0.103. The van der Waals surface area contributed by atoms with Gasteiger partial charge in [-0.25, -0.2) is 0 Å². The van der Waals surface area contributed by atoms with Crippen molar-refractivity contribution in [3.63, 3.8) is 0 Å². The number of hydrogen-bond acceptors (Lipinski definition) is 2. The summed E-state index contributed by atoms with van der Waals surface area (Å²) in [5.74, 6) is 0.538. The zero-order valence-electron chi connectivity index (χ0n) is 11.5. The van der Waals surface area contributed by atoms with Gasteiger partial charge in [-0.1, -0.05) is 44.0 Å². The predicted octanol–water partition coefficient (Wildman–Crippen LogP) is 5.07. The van der Waals surface area contributed by atoms with E-state index < -0.39 is 0 Å².